The van der Waals surface area contributed by atoms with Gasteiger partial charge in [-0.25, -0.2) is 9.67 Å². The molecule has 0 aliphatic carbocycles. The lowest BCUT2D eigenvalue weighted by Gasteiger charge is -2.02. The van der Waals surface area contributed by atoms with Gasteiger partial charge in [0.25, 0.3) is 0 Å². The second-order valence-corrected chi connectivity index (χ2v) is 4.16. The van der Waals surface area contributed by atoms with Crippen molar-refractivity contribution in [2.75, 3.05) is 7.11 Å². The van der Waals surface area contributed by atoms with Crippen molar-refractivity contribution >= 4 is 17.9 Å². The van der Waals surface area contributed by atoms with E-state index in [1.807, 2.05) is 19.1 Å². The maximum Gasteiger partial charge on any atom is 0.155 e. The second-order valence-electron chi connectivity index (χ2n) is 3.81. The predicted octanol–water partition coefficient (Wildman–Crippen LogP) is 2.19. The summed E-state index contributed by atoms with van der Waals surface area (Å²) in [5.74, 6) is 0.574. The number of aryl methyl sites for hydroxylation is 1. The minimum Gasteiger partial charge on any atom is -0.378 e. The lowest BCUT2D eigenvalue weighted by molar-refractivity contribution is 0.111. The molecule has 0 amide bonds. The largest absolute Gasteiger partial charge is 0.378 e. The molecule has 0 saturated carbocycles. The lowest BCUT2D eigenvalue weighted by atomic mass is 10.3. The Bertz CT molecular complexity index is 581. The number of carbonyl (C=O) groups excluding carboxylic acids is 1. The fourth-order valence-corrected chi connectivity index (χ4v) is 1.88. The number of pyridine rings is 1. The number of nitrogens with zero attached hydrogens (tertiary/aromatic N) is 3. The zero-order valence-electron chi connectivity index (χ0n) is 10.1. The van der Waals surface area contributed by atoms with Gasteiger partial charge in [0.05, 0.1) is 12.2 Å². The summed E-state index contributed by atoms with van der Waals surface area (Å²) in [7, 11) is 1.53. The van der Waals surface area contributed by atoms with Crippen molar-refractivity contribution in [3.8, 4) is 5.82 Å². The van der Waals surface area contributed by atoms with E-state index in [-0.39, 0.29) is 11.8 Å². The van der Waals surface area contributed by atoms with Crippen molar-refractivity contribution in [3.05, 3.63) is 40.3 Å². The van der Waals surface area contributed by atoms with Crippen molar-refractivity contribution in [2.45, 2.75) is 13.5 Å². The summed E-state index contributed by atoms with van der Waals surface area (Å²) in [5.41, 5.74) is 1.87. The smallest absolute Gasteiger partial charge is 0.155 e. The van der Waals surface area contributed by atoms with Crippen LogP contribution in [0.25, 0.3) is 5.82 Å². The first kappa shape index (κ1) is 12.7. The van der Waals surface area contributed by atoms with Crippen LogP contribution in [0.4, 0.5) is 0 Å². The zero-order valence-corrected chi connectivity index (χ0v) is 10.8. The molecular weight excluding hydrogens is 254 g/mol. The standard InChI is InChI=1S/C12H12ClN3O2/c1-8-3-4-14-11(5-8)16-12(13)9(6-17)10(15-16)7-18-2/h3-6H,7H2,1-2H3. The molecule has 0 atom stereocenters. The molecule has 0 bridgehead atoms. The summed E-state index contributed by atoms with van der Waals surface area (Å²) < 4.78 is 6.42. The minimum absolute atomic E-state index is 0.229. The average Bonchev–Trinajstić information content (AvgIpc) is 2.66. The molecule has 2 aromatic rings. The summed E-state index contributed by atoms with van der Waals surface area (Å²) >= 11 is 6.13. The summed E-state index contributed by atoms with van der Waals surface area (Å²) in [6.07, 6.45) is 2.34. The first-order chi connectivity index (χ1) is 8.67. The van der Waals surface area contributed by atoms with Crippen LogP contribution >= 0.6 is 11.6 Å². The van der Waals surface area contributed by atoms with E-state index in [2.05, 4.69) is 10.1 Å². The molecule has 0 radical (unpaired) electrons. The van der Waals surface area contributed by atoms with E-state index in [0.29, 0.717) is 23.4 Å². The molecule has 94 valence electrons. The Morgan fingerprint density at radius 3 is 2.94 bits per heavy atom. The van der Waals surface area contributed by atoms with E-state index in [0.717, 1.165) is 5.56 Å². The molecule has 5 nitrogen and oxygen atoms in total. The molecule has 0 aliphatic rings. The van der Waals surface area contributed by atoms with Crippen LogP contribution in [-0.4, -0.2) is 28.2 Å². The molecule has 0 N–H and O–H groups in total. The Kier molecular flexibility index (Phi) is 3.74. The Balaban J connectivity index is 2.54. The van der Waals surface area contributed by atoms with Gasteiger partial charge >= 0.3 is 0 Å². The van der Waals surface area contributed by atoms with Crippen LogP contribution in [0.1, 0.15) is 21.6 Å². The zero-order chi connectivity index (χ0) is 13.1. The normalized spacial score (nSPS) is 10.6. The monoisotopic (exact) mass is 265 g/mol. The number of aldehydes is 1. The molecule has 2 heterocycles. The Morgan fingerprint density at radius 2 is 2.33 bits per heavy atom. The number of ether oxygens (including phenoxy) is 1. The average molecular weight is 266 g/mol. The summed E-state index contributed by atoms with van der Waals surface area (Å²) in [6.45, 7) is 2.17. The third kappa shape index (κ3) is 2.27. The third-order valence-corrected chi connectivity index (χ3v) is 2.82. The van der Waals surface area contributed by atoms with Gasteiger partial charge in [-0.2, -0.15) is 5.10 Å². The van der Waals surface area contributed by atoms with Gasteiger partial charge in [-0.15, -0.1) is 0 Å². The van der Waals surface area contributed by atoms with E-state index in [1.54, 1.807) is 6.20 Å². The van der Waals surface area contributed by atoms with Crippen LogP contribution in [0.3, 0.4) is 0 Å². The number of hydrogen-bond donors (Lipinski definition) is 0. The Labute approximate surface area is 109 Å². The molecule has 2 aromatic heterocycles. The maximum atomic E-state index is 11.0. The number of carbonyl (C=O) groups is 1. The van der Waals surface area contributed by atoms with Crippen LogP contribution in [-0.2, 0) is 11.3 Å². The molecular formula is C12H12ClN3O2. The van der Waals surface area contributed by atoms with E-state index in [4.69, 9.17) is 16.3 Å². The fourth-order valence-electron chi connectivity index (χ4n) is 1.60. The number of methoxy groups -OCH3 is 1. The predicted molar refractivity (Wildman–Crippen MR) is 67.2 cm³/mol. The van der Waals surface area contributed by atoms with Crippen molar-refractivity contribution < 1.29 is 9.53 Å². The van der Waals surface area contributed by atoms with Crippen molar-refractivity contribution in [3.63, 3.8) is 0 Å². The van der Waals surface area contributed by atoms with Crippen LogP contribution in [0.5, 0.6) is 0 Å². The minimum atomic E-state index is 0.229. The topological polar surface area (TPSA) is 57.0 Å². The van der Waals surface area contributed by atoms with Crippen LogP contribution in [0.2, 0.25) is 5.15 Å². The highest BCUT2D eigenvalue weighted by atomic mass is 35.5. The molecule has 18 heavy (non-hydrogen) atoms. The Hall–Kier alpha value is -1.72. The summed E-state index contributed by atoms with van der Waals surface area (Å²) in [4.78, 5) is 15.2. The first-order valence-electron chi connectivity index (χ1n) is 5.32. The fraction of sp³-hybridized carbons (Fsp3) is 0.250. The van der Waals surface area contributed by atoms with Crippen LogP contribution in [0, 0.1) is 6.92 Å². The van der Waals surface area contributed by atoms with Crippen molar-refractivity contribution in [1.82, 2.24) is 14.8 Å². The lowest BCUT2D eigenvalue weighted by Crippen LogP contribution is -2.01. The first-order valence-corrected chi connectivity index (χ1v) is 5.69. The molecule has 2 rings (SSSR count). The number of halogens is 1. The molecule has 0 aliphatic heterocycles. The molecule has 0 fully saturated rings. The van der Waals surface area contributed by atoms with Gasteiger partial charge in [0.15, 0.2) is 12.1 Å². The molecule has 0 spiro atoms. The number of aromatic nitrogens is 3. The molecule has 0 saturated heterocycles. The van der Waals surface area contributed by atoms with Gasteiger partial charge in [-0.1, -0.05) is 11.6 Å². The third-order valence-electron chi connectivity index (χ3n) is 2.46. The molecule has 6 heteroatoms. The quantitative estimate of drug-likeness (QED) is 0.795. The Morgan fingerprint density at radius 1 is 1.56 bits per heavy atom. The SMILES string of the molecule is COCc1nn(-c2cc(C)ccn2)c(Cl)c1C=O. The maximum absolute atomic E-state index is 11.0. The van der Waals surface area contributed by atoms with Crippen molar-refractivity contribution in [2.24, 2.45) is 0 Å². The highest BCUT2D eigenvalue weighted by Gasteiger charge is 2.17. The van der Waals surface area contributed by atoms with Crippen LogP contribution < -0.4 is 0 Å². The summed E-state index contributed by atoms with van der Waals surface area (Å²) in [6, 6.07) is 3.71. The summed E-state index contributed by atoms with van der Waals surface area (Å²) in [5, 5.41) is 4.49. The number of rotatable bonds is 4. The van der Waals surface area contributed by atoms with Gasteiger partial charge in [0.1, 0.15) is 10.8 Å². The van der Waals surface area contributed by atoms with E-state index >= 15 is 0 Å². The highest BCUT2D eigenvalue weighted by Crippen LogP contribution is 2.22. The van der Waals surface area contributed by atoms with Gasteiger partial charge in [0.2, 0.25) is 0 Å². The van der Waals surface area contributed by atoms with Gasteiger partial charge in [-0.3, -0.25) is 4.79 Å². The van der Waals surface area contributed by atoms with Gasteiger partial charge in [-0.05, 0) is 24.6 Å². The van der Waals surface area contributed by atoms with E-state index in [9.17, 15) is 4.79 Å². The van der Waals surface area contributed by atoms with Gasteiger partial charge in [0, 0.05) is 13.3 Å². The van der Waals surface area contributed by atoms with Crippen LogP contribution in [0.15, 0.2) is 18.3 Å². The van der Waals surface area contributed by atoms with Crippen molar-refractivity contribution in [1.29, 1.82) is 0 Å². The van der Waals surface area contributed by atoms with E-state index < -0.39 is 0 Å². The van der Waals surface area contributed by atoms with Gasteiger partial charge < -0.3 is 4.74 Å². The second kappa shape index (κ2) is 5.29. The van der Waals surface area contributed by atoms with E-state index in [1.165, 1.54) is 11.8 Å². The molecule has 0 aromatic carbocycles. The number of hydrogen-bond acceptors (Lipinski definition) is 4. The highest BCUT2D eigenvalue weighted by molar-refractivity contribution is 6.32. The molecule has 0 unspecified atom stereocenters.